The number of nitrogens with zero attached hydrogens (tertiary/aromatic N) is 1. The van der Waals surface area contributed by atoms with Crippen LogP contribution in [-0.2, 0) is 0 Å². The van der Waals surface area contributed by atoms with Gasteiger partial charge in [0.15, 0.2) is 5.13 Å². The summed E-state index contributed by atoms with van der Waals surface area (Å²) in [6.07, 6.45) is 0. The lowest BCUT2D eigenvalue weighted by atomic mass is 10.2. The van der Waals surface area contributed by atoms with Crippen LogP contribution in [0.15, 0.2) is 36.4 Å². The van der Waals surface area contributed by atoms with Gasteiger partial charge in [-0.05, 0) is 36.4 Å². The molecule has 4 nitrogen and oxygen atoms in total. The van der Waals surface area contributed by atoms with E-state index in [0.717, 1.165) is 10.2 Å². The second-order valence-electron chi connectivity index (χ2n) is 4.25. The maximum Gasteiger partial charge on any atom is 0.259 e. The first-order valence-electron chi connectivity index (χ1n) is 5.89. The van der Waals surface area contributed by atoms with Gasteiger partial charge in [0.25, 0.3) is 5.91 Å². The van der Waals surface area contributed by atoms with Gasteiger partial charge in [-0.1, -0.05) is 34.5 Å². The summed E-state index contributed by atoms with van der Waals surface area (Å²) in [6.45, 7) is 0. The molecule has 0 aliphatic rings. The van der Waals surface area contributed by atoms with E-state index < -0.39 is 5.91 Å². The zero-order valence-corrected chi connectivity index (χ0v) is 12.8. The van der Waals surface area contributed by atoms with Crippen molar-refractivity contribution in [1.29, 1.82) is 0 Å². The smallest absolute Gasteiger partial charge is 0.259 e. The number of nitrogens with one attached hydrogen (secondary N) is 1. The van der Waals surface area contributed by atoms with E-state index in [1.54, 1.807) is 18.2 Å². The second-order valence-corrected chi connectivity index (χ2v) is 6.12. The van der Waals surface area contributed by atoms with Gasteiger partial charge in [0, 0.05) is 5.02 Å². The van der Waals surface area contributed by atoms with Crippen molar-refractivity contribution in [2.45, 2.75) is 0 Å². The summed E-state index contributed by atoms with van der Waals surface area (Å²) in [6, 6.07) is 9.49. The highest BCUT2D eigenvalue weighted by atomic mass is 35.5. The van der Waals surface area contributed by atoms with Gasteiger partial charge in [-0.25, -0.2) is 4.98 Å². The average molecular weight is 339 g/mol. The van der Waals surface area contributed by atoms with Crippen molar-refractivity contribution in [2.75, 3.05) is 5.32 Å². The lowest BCUT2D eigenvalue weighted by Crippen LogP contribution is -2.12. The Hall–Kier alpha value is -1.82. The number of amides is 1. The van der Waals surface area contributed by atoms with E-state index in [-0.39, 0.29) is 16.3 Å². The first kappa shape index (κ1) is 14.1. The number of halogens is 2. The molecule has 1 heterocycles. The Balaban J connectivity index is 1.90. The highest BCUT2D eigenvalue weighted by molar-refractivity contribution is 7.22. The molecule has 0 spiro atoms. The monoisotopic (exact) mass is 338 g/mol. The molecule has 2 aromatic carbocycles. The lowest BCUT2D eigenvalue weighted by Gasteiger charge is -2.04. The standard InChI is InChI=1S/C14H8Cl2N2O2S/c15-7-1-4-11-12(5-7)21-14(17-11)18-13(20)9-6-8(19)2-3-10(9)16/h1-6,19H,(H,17,18,20). The van der Waals surface area contributed by atoms with Crippen molar-refractivity contribution in [1.82, 2.24) is 4.98 Å². The minimum Gasteiger partial charge on any atom is -0.508 e. The Morgan fingerprint density at radius 2 is 2.00 bits per heavy atom. The Morgan fingerprint density at radius 1 is 1.19 bits per heavy atom. The molecule has 1 aromatic heterocycles. The third-order valence-corrected chi connectivity index (χ3v) is 4.26. The number of anilines is 1. The van der Waals surface area contributed by atoms with E-state index in [0.29, 0.717) is 10.2 Å². The van der Waals surface area contributed by atoms with Crippen LogP contribution in [0.1, 0.15) is 10.4 Å². The normalized spacial score (nSPS) is 10.8. The number of aromatic hydroxyl groups is 1. The first-order chi connectivity index (χ1) is 10.0. The third-order valence-electron chi connectivity index (χ3n) is 2.77. The van der Waals surface area contributed by atoms with Gasteiger partial charge in [-0.3, -0.25) is 10.1 Å². The van der Waals surface area contributed by atoms with E-state index >= 15 is 0 Å². The Bertz CT molecular complexity index is 848. The Morgan fingerprint density at radius 3 is 2.81 bits per heavy atom. The van der Waals surface area contributed by atoms with Gasteiger partial charge >= 0.3 is 0 Å². The lowest BCUT2D eigenvalue weighted by molar-refractivity contribution is 0.102. The van der Waals surface area contributed by atoms with E-state index in [1.807, 2.05) is 0 Å². The molecule has 1 amide bonds. The fourth-order valence-electron chi connectivity index (χ4n) is 1.80. The fraction of sp³-hybridized carbons (Fsp3) is 0. The van der Waals surface area contributed by atoms with Gasteiger partial charge in [-0.2, -0.15) is 0 Å². The highest BCUT2D eigenvalue weighted by Crippen LogP contribution is 2.29. The zero-order valence-electron chi connectivity index (χ0n) is 10.4. The predicted molar refractivity (Wildman–Crippen MR) is 85.7 cm³/mol. The highest BCUT2D eigenvalue weighted by Gasteiger charge is 2.14. The van der Waals surface area contributed by atoms with Gasteiger partial charge in [0.1, 0.15) is 5.75 Å². The minimum absolute atomic E-state index is 0.0272. The van der Waals surface area contributed by atoms with Crippen LogP contribution >= 0.6 is 34.5 Å². The summed E-state index contributed by atoms with van der Waals surface area (Å²) < 4.78 is 0.875. The quantitative estimate of drug-likeness (QED) is 0.719. The number of aromatic nitrogens is 1. The van der Waals surface area contributed by atoms with E-state index in [1.165, 1.54) is 29.5 Å². The summed E-state index contributed by atoms with van der Waals surface area (Å²) in [4.78, 5) is 16.5. The molecule has 0 fully saturated rings. The number of benzene rings is 2. The number of carbonyl (C=O) groups excluding carboxylic acids is 1. The van der Waals surface area contributed by atoms with Crippen LogP contribution in [0.3, 0.4) is 0 Å². The molecule has 0 bridgehead atoms. The predicted octanol–water partition coefficient (Wildman–Crippen LogP) is 4.56. The van der Waals surface area contributed by atoms with Crippen LogP contribution in [0.25, 0.3) is 10.2 Å². The number of rotatable bonds is 2. The molecule has 0 aliphatic carbocycles. The van der Waals surface area contributed by atoms with Crippen molar-refractivity contribution in [2.24, 2.45) is 0 Å². The molecule has 3 rings (SSSR count). The molecule has 0 unspecified atom stereocenters. The van der Waals surface area contributed by atoms with Gasteiger partial charge < -0.3 is 5.11 Å². The van der Waals surface area contributed by atoms with Crippen LogP contribution in [0.2, 0.25) is 10.0 Å². The Labute approximate surface area is 134 Å². The molecular weight excluding hydrogens is 331 g/mol. The fourth-order valence-corrected chi connectivity index (χ4v) is 3.14. The molecule has 7 heteroatoms. The first-order valence-corrected chi connectivity index (χ1v) is 7.46. The number of hydrogen-bond acceptors (Lipinski definition) is 4. The van der Waals surface area contributed by atoms with E-state index in [2.05, 4.69) is 10.3 Å². The minimum atomic E-state index is -0.430. The summed E-state index contributed by atoms with van der Waals surface area (Å²) in [7, 11) is 0. The molecule has 106 valence electrons. The van der Waals surface area contributed by atoms with Crippen LogP contribution < -0.4 is 5.32 Å². The van der Waals surface area contributed by atoms with Crippen LogP contribution in [0.5, 0.6) is 5.75 Å². The number of phenols is 1. The average Bonchev–Trinajstić information content (AvgIpc) is 2.82. The molecule has 0 saturated heterocycles. The van der Waals surface area contributed by atoms with Crippen molar-refractivity contribution in [3.8, 4) is 5.75 Å². The van der Waals surface area contributed by atoms with Crippen LogP contribution in [-0.4, -0.2) is 16.0 Å². The van der Waals surface area contributed by atoms with Gasteiger partial charge in [0.2, 0.25) is 0 Å². The molecule has 0 aliphatic heterocycles. The topological polar surface area (TPSA) is 62.2 Å². The van der Waals surface area contributed by atoms with Gasteiger partial charge in [-0.15, -0.1) is 0 Å². The summed E-state index contributed by atoms with van der Waals surface area (Å²) in [5, 5.41) is 13.4. The molecule has 0 atom stereocenters. The summed E-state index contributed by atoms with van der Waals surface area (Å²) >= 11 is 13.2. The molecule has 0 saturated carbocycles. The molecule has 2 N–H and O–H groups in total. The number of fused-ring (bicyclic) bond motifs is 1. The number of hydrogen-bond donors (Lipinski definition) is 2. The molecule has 21 heavy (non-hydrogen) atoms. The molecule has 3 aromatic rings. The maximum absolute atomic E-state index is 12.2. The summed E-state index contributed by atoms with van der Waals surface area (Å²) in [5.74, 6) is -0.457. The van der Waals surface area contributed by atoms with E-state index in [9.17, 15) is 9.90 Å². The summed E-state index contributed by atoms with van der Waals surface area (Å²) in [5.41, 5.74) is 0.940. The van der Waals surface area contributed by atoms with Gasteiger partial charge in [0.05, 0.1) is 20.8 Å². The van der Waals surface area contributed by atoms with Crippen LogP contribution in [0, 0.1) is 0 Å². The number of thiazole rings is 1. The number of phenolic OH excluding ortho intramolecular Hbond substituents is 1. The SMILES string of the molecule is O=C(Nc1nc2ccc(Cl)cc2s1)c1cc(O)ccc1Cl. The van der Waals surface area contributed by atoms with Crippen molar-refractivity contribution >= 4 is 55.8 Å². The Kier molecular flexibility index (Phi) is 3.71. The third kappa shape index (κ3) is 2.95. The zero-order chi connectivity index (χ0) is 15.0. The van der Waals surface area contributed by atoms with Crippen molar-refractivity contribution in [3.63, 3.8) is 0 Å². The van der Waals surface area contributed by atoms with Crippen LogP contribution in [0.4, 0.5) is 5.13 Å². The van der Waals surface area contributed by atoms with E-state index in [4.69, 9.17) is 23.2 Å². The largest absolute Gasteiger partial charge is 0.508 e. The number of carbonyl (C=O) groups is 1. The second kappa shape index (κ2) is 5.52. The van der Waals surface area contributed by atoms with Crippen molar-refractivity contribution in [3.05, 3.63) is 52.0 Å². The van der Waals surface area contributed by atoms with Crippen molar-refractivity contribution < 1.29 is 9.90 Å². The maximum atomic E-state index is 12.2. The molecular formula is C14H8Cl2N2O2S. The molecule has 0 radical (unpaired) electrons.